The predicted molar refractivity (Wildman–Crippen MR) is 63.5 cm³/mol. The summed E-state index contributed by atoms with van der Waals surface area (Å²) >= 11 is 0. The van der Waals surface area contributed by atoms with Crippen molar-refractivity contribution in [3.63, 3.8) is 0 Å². The molecular formula is C13H12F3NO3. The third kappa shape index (κ3) is 3.16. The van der Waals surface area contributed by atoms with Crippen LogP contribution < -0.4 is 10.1 Å². The van der Waals surface area contributed by atoms with Gasteiger partial charge in [0, 0.05) is 0 Å². The summed E-state index contributed by atoms with van der Waals surface area (Å²) in [6, 6.07) is 1.88. The molecule has 4 nitrogen and oxygen atoms in total. The van der Waals surface area contributed by atoms with Gasteiger partial charge in [-0.1, -0.05) is 0 Å². The number of nitrogens with one attached hydrogen (secondary N) is 1. The van der Waals surface area contributed by atoms with Crippen LogP contribution in [0, 0.1) is 0 Å². The second-order valence-corrected chi connectivity index (χ2v) is 4.44. The maximum Gasteiger partial charge on any atom is 0.416 e. The Labute approximate surface area is 112 Å². The van der Waals surface area contributed by atoms with E-state index in [-0.39, 0.29) is 11.3 Å². The normalized spacial score (nSPS) is 18.9. The van der Waals surface area contributed by atoms with Crippen molar-refractivity contribution in [1.82, 2.24) is 5.32 Å². The first-order valence-corrected chi connectivity index (χ1v) is 6.03. The molecule has 1 heterocycles. The molecule has 20 heavy (non-hydrogen) atoms. The average molecular weight is 287 g/mol. The van der Waals surface area contributed by atoms with Crippen LogP contribution in [0.25, 0.3) is 0 Å². The van der Waals surface area contributed by atoms with Crippen LogP contribution in [0.15, 0.2) is 18.2 Å². The Hall–Kier alpha value is -1.89. The molecule has 1 saturated heterocycles. The molecule has 0 bridgehead atoms. The molecule has 1 aliphatic rings. The van der Waals surface area contributed by atoms with E-state index >= 15 is 0 Å². The molecule has 2 rings (SSSR count). The molecule has 1 atom stereocenters. The minimum atomic E-state index is -4.56. The van der Waals surface area contributed by atoms with Crippen LogP contribution in [0.5, 0.6) is 5.75 Å². The van der Waals surface area contributed by atoms with Crippen molar-refractivity contribution in [2.45, 2.75) is 25.1 Å². The zero-order valence-electron chi connectivity index (χ0n) is 10.4. The number of alkyl halides is 3. The summed E-state index contributed by atoms with van der Waals surface area (Å²) in [7, 11) is 0. The highest BCUT2D eigenvalue weighted by molar-refractivity contribution is 5.84. The van der Waals surface area contributed by atoms with Gasteiger partial charge in [-0.2, -0.15) is 13.2 Å². The van der Waals surface area contributed by atoms with Crippen LogP contribution in [-0.4, -0.2) is 24.8 Å². The molecule has 1 N–H and O–H groups in total. The monoisotopic (exact) mass is 287 g/mol. The fraction of sp³-hybridized carbons (Fsp3) is 0.385. The number of ether oxygens (including phenoxy) is 1. The van der Waals surface area contributed by atoms with Crippen molar-refractivity contribution in [2.24, 2.45) is 0 Å². The summed E-state index contributed by atoms with van der Waals surface area (Å²) in [5.74, 6) is -1.04. The van der Waals surface area contributed by atoms with Crippen LogP contribution in [0.3, 0.4) is 0 Å². The van der Waals surface area contributed by atoms with Crippen LogP contribution in [-0.2, 0) is 11.0 Å². The van der Waals surface area contributed by atoms with Gasteiger partial charge in [0.05, 0.1) is 11.1 Å². The Morgan fingerprint density at radius 2 is 2.15 bits per heavy atom. The van der Waals surface area contributed by atoms with E-state index < -0.39 is 23.8 Å². The van der Waals surface area contributed by atoms with E-state index in [1.165, 1.54) is 0 Å². The maximum atomic E-state index is 12.6. The van der Waals surface area contributed by atoms with Crippen molar-refractivity contribution < 1.29 is 27.5 Å². The number of carbonyl (C=O) groups is 2. The SMILES string of the molecule is O=Cc1ccc(C(F)(F)F)cc1OC(=O)[C@@H]1CCCN1. The topological polar surface area (TPSA) is 55.4 Å². The Morgan fingerprint density at radius 1 is 1.40 bits per heavy atom. The second-order valence-electron chi connectivity index (χ2n) is 4.44. The summed E-state index contributed by atoms with van der Waals surface area (Å²) in [4.78, 5) is 22.6. The number of hydrogen-bond acceptors (Lipinski definition) is 4. The van der Waals surface area contributed by atoms with Gasteiger partial charge in [0.2, 0.25) is 0 Å². The molecule has 0 unspecified atom stereocenters. The molecule has 1 fully saturated rings. The molecule has 1 aromatic carbocycles. The first-order chi connectivity index (χ1) is 9.41. The molecule has 0 saturated carbocycles. The maximum absolute atomic E-state index is 12.6. The van der Waals surface area contributed by atoms with Gasteiger partial charge in [0.15, 0.2) is 6.29 Å². The quantitative estimate of drug-likeness (QED) is 0.526. The van der Waals surface area contributed by atoms with E-state index in [1.807, 2.05) is 0 Å². The van der Waals surface area contributed by atoms with Crippen molar-refractivity contribution in [1.29, 1.82) is 0 Å². The number of carbonyl (C=O) groups excluding carboxylic acids is 2. The Balaban J connectivity index is 2.24. The van der Waals surface area contributed by atoms with Gasteiger partial charge in [-0.3, -0.25) is 4.79 Å². The predicted octanol–water partition coefficient (Wildman–Crippen LogP) is 2.18. The molecule has 0 aromatic heterocycles. The van der Waals surface area contributed by atoms with Gasteiger partial charge in [0.1, 0.15) is 11.8 Å². The largest absolute Gasteiger partial charge is 0.425 e. The van der Waals surface area contributed by atoms with Crippen LogP contribution in [0.4, 0.5) is 13.2 Å². The van der Waals surface area contributed by atoms with Crippen molar-refractivity contribution in [3.8, 4) is 5.75 Å². The number of halogens is 3. The molecule has 0 spiro atoms. The van der Waals surface area contributed by atoms with Crippen molar-refractivity contribution in [2.75, 3.05) is 6.54 Å². The van der Waals surface area contributed by atoms with E-state index in [0.717, 1.165) is 18.6 Å². The molecule has 0 radical (unpaired) electrons. The summed E-state index contributed by atoms with van der Waals surface area (Å²) in [5, 5.41) is 2.87. The molecule has 1 aromatic rings. The molecule has 0 amide bonds. The molecule has 7 heteroatoms. The standard InChI is InChI=1S/C13H12F3NO3/c14-13(15,16)9-4-3-8(7-18)11(6-9)20-12(19)10-2-1-5-17-10/h3-4,6-7,10,17H,1-2,5H2/t10-/m0/s1. The summed E-state index contributed by atoms with van der Waals surface area (Å²) in [5.41, 5.74) is -1.06. The van der Waals surface area contributed by atoms with E-state index in [4.69, 9.17) is 4.74 Å². The fourth-order valence-corrected chi connectivity index (χ4v) is 1.96. The van der Waals surface area contributed by atoms with Crippen molar-refractivity contribution >= 4 is 12.3 Å². The average Bonchev–Trinajstić information content (AvgIpc) is 2.91. The second kappa shape index (κ2) is 5.62. The summed E-state index contributed by atoms with van der Waals surface area (Å²) < 4.78 is 42.7. The third-order valence-corrected chi connectivity index (χ3v) is 3.02. The lowest BCUT2D eigenvalue weighted by molar-refractivity contribution is -0.139. The van der Waals surface area contributed by atoms with Gasteiger partial charge in [-0.05, 0) is 37.6 Å². The van der Waals surface area contributed by atoms with E-state index in [1.54, 1.807) is 0 Å². The third-order valence-electron chi connectivity index (χ3n) is 3.02. The minimum absolute atomic E-state index is 0.0932. The van der Waals surface area contributed by atoms with Crippen LogP contribution >= 0.6 is 0 Å². The Kier molecular flexibility index (Phi) is 4.08. The number of hydrogen-bond donors (Lipinski definition) is 1. The van der Waals surface area contributed by atoms with Gasteiger partial charge >= 0.3 is 12.1 Å². The summed E-state index contributed by atoms with van der Waals surface area (Å²) in [6.07, 6.45) is -2.85. The highest BCUT2D eigenvalue weighted by Crippen LogP contribution is 2.33. The van der Waals surface area contributed by atoms with E-state index in [9.17, 15) is 22.8 Å². The van der Waals surface area contributed by atoms with Gasteiger partial charge < -0.3 is 10.1 Å². The lowest BCUT2D eigenvalue weighted by atomic mass is 10.1. The summed E-state index contributed by atoms with van der Waals surface area (Å²) in [6.45, 7) is 0.656. The van der Waals surface area contributed by atoms with Gasteiger partial charge in [-0.25, -0.2) is 4.79 Å². The first kappa shape index (κ1) is 14.5. The number of esters is 1. The van der Waals surface area contributed by atoms with Crippen LogP contribution in [0.2, 0.25) is 0 Å². The fourth-order valence-electron chi connectivity index (χ4n) is 1.96. The highest BCUT2D eigenvalue weighted by atomic mass is 19.4. The zero-order valence-corrected chi connectivity index (χ0v) is 10.4. The Morgan fingerprint density at radius 3 is 2.70 bits per heavy atom. The lowest BCUT2D eigenvalue weighted by Gasteiger charge is -2.13. The smallest absolute Gasteiger partial charge is 0.416 e. The van der Waals surface area contributed by atoms with Crippen LogP contribution in [0.1, 0.15) is 28.8 Å². The first-order valence-electron chi connectivity index (χ1n) is 6.03. The highest BCUT2D eigenvalue weighted by Gasteiger charge is 2.32. The lowest BCUT2D eigenvalue weighted by Crippen LogP contribution is -2.34. The van der Waals surface area contributed by atoms with Crippen molar-refractivity contribution in [3.05, 3.63) is 29.3 Å². The molecule has 108 valence electrons. The zero-order chi connectivity index (χ0) is 14.8. The minimum Gasteiger partial charge on any atom is -0.425 e. The molecule has 0 aliphatic carbocycles. The molecule has 1 aliphatic heterocycles. The molecular weight excluding hydrogens is 275 g/mol. The number of aldehydes is 1. The van der Waals surface area contributed by atoms with Gasteiger partial charge in [-0.15, -0.1) is 0 Å². The van der Waals surface area contributed by atoms with E-state index in [0.29, 0.717) is 25.3 Å². The van der Waals surface area contributed by atoms with Gasteiger partial charge in [0.25, 0.3) is 0 Å². The number of benzene rings is 1. The van der Waals surface area contributed by atoms with E-state index in [2.05, 4.69) is 5.32 Å². The Bertz CT molecular complexity index is 522. The number of rotatable bonds is 3.